The predicted octanol–water partition coefficient (Wildman–Crippen LogP) is 2.17. The normalized spacial score (nSPS) is 22.7. The van der Waals surface area contributed by atoms with Gasteiger partial charge in [-0.25, -0.2) is 0 Å². The first kappa shape index (κ1) is 18.7. The second-order valence-electron chi connectivity index (χ2n) is 8.24. The van der Waals surface area contributed by atoms with E-state index in [2.05, 4.69) is 10.1 Å². The average molecular weight is 381 g/mol. The minimum atomic E-state index is -0.0162. The van der Waals surface area contributed by atoms with Gasteiger partial charge in [-0.1, -0.05) is 6.07 Å². The second kappa shape index (κ2) is 7.37. The zero-order valence-corrected chi connectivity index (χ0v) is 16.6. The Labute approximate surface area is 165 Å². The van der Waals surface area contributed by atoms with E-state index in [0.717, 1.165) is 37.1 Å². The maximum atomic E-state index is 13.1. The van der Waals surface area contributed by atoms with Crippen LogP contribution in [-0.4, -0.2) is 56.0 Å². The number of likely N-dealkylation sites (tertiary alicyclic amines) is 2. The minimum absolute atomic E-state index is 0.0162. The summed E-state index contributed by atoms with van der Waals surface area (Å²) in [6, 6.07) is 5.75. The van der Waals surface area contributed by atoms with Crippen molar-refractivity contribution in [2.75, 3.05) is 19.6 Å². The van der Waals surface area contributed by atoms with E-state index in [1.807, 2.05) is 48.2 Å². The first-order chi connectivity index (χ1) is 13.5. The van der Waals surface area contributed by atoms with Crippen molar-refractivity contribution >= 4 is 11.8 Å². The zero-order valence-electron chi connectivity index (χ0n) is 16.6. The molecule has 2 aliphatic heterocycles. The lowest BCUT2D eigenvalue weighted by atomic mass is 9.73. The molecule has 2 amide bonds. The number of rotatable bonds is 3. The van der Waals surface area contributed by atoms with E-state index in [4.69, 9.17) is 0 Å². The highest BCUT2D eigenvalue weighted by molar-refractivity contribution is 5.92. The Morgan fingerprint density at radius 1 is 1.29 bits per heavy atom. The molecule has 148 valence electrons. The first-order valence-corrected chi connectivity index (χ1v) is 9.92. The predicted molar refractivity (Wildman–Crippen MR) is 104 cm³/mol. The summed E-state index contributed by atoms with van der Waals surface area (Å²) < 4.78 is 1.66. The number of amides is 2. The van der Waals surface area contributed by atoms with Gasteiger partial charge in [0.2, 0.25) is 5.91 Å². The maximum absolute atomic E-state index is 13.1. The topological polar surface area (TPSA) is 71.3 Å². The number of hydrogen-bond donors (Lipinski definition) is 0. The van der Waals surface area contributed by atoms with Crippen molar-refractivity contribution in [1.29, 1.82) is 0 Å². The van der Waals surface area contributed by atoms with Gasteiger partial charge in [-0.15, -0.1) is 0 Å². The molecule has 2 saturated heterocycles. The largest absolute Gasteiger partial charge is 0.338 e. The number of carbonyl (C=O) groups is 2. The number of aromatic nitrogens is 3. The lowest BCUT2D eigenvalue weighted by Crippen LogP contribution is -2.55. The summed E-state index contributed by atoms with van der Waals surface area (Å²) in [5.74, 6) is 0.234. The number of aryl methyl sites for hydroxylation is 2. The molecule has 0 saturated carbocycles. The van der Waals surface area contributed by atoms with Gasteiger partial charge in [0.25, 0.3) is 5.91 Å². The van der Waals surface area contributed by atoms with Crippen molar-refractivity contribution in [1.82, 2.24) is 24.6 Å². The fraction of sp³-hybridized carbons (Fsp3) is 0.524. The van der Waals surface area contributed by atoms with E-state index >= 15 is 0 Å². The van der Waals surface area contributed by atoms with Crippen LogP contribution in [0.15, 0.2) is 30.6 Å². The van der Waals surface area contributed by atoms with Crippen LogP contribution in [0.3, 0.4) is 0 Å². The quantitative estimate of drug-likeness (QED) is 0.817. The van der Waals surface area contributed by atoms with Gasteiger partial charge in [-0.3, -0.25) is 19.3 Å². The molecule has 2 aromatic rings. The molecule has 28 heavy (non-hydrogen) atoms. The third kappa shape index (κ3) is 3.66. The van der Waals surface area contributed by atoms with Gasteiger partial charge in [-0.2, -0.15) is 5.10 Å². The van der Waals surface area contributed by atoms with E-state index in [1.54, 1.807) is 10.9 Å². The number of carbonyl (C=O) groups excluding carboxylic acids is 2. The van der Waals surface area contributed by atoms with Crippen molar-refractivity contribution in [2.45, 2.75) is 39.2 Å². The highest BCUT2D eigenvalue weighted by Gasteiger charge is 2.43. The molecule has 1 spiro atoms. The Kier molecular flexibility index (Phi) is 4.91. The molecule has 1 atom stereocenters. The molecule has 0 N–H and O–H groups in total. The minimum Gasteiger partial charge on any atom is -0.338 e. The molecule has 7 heteroatoms. The molecule has 4 heterocycles. The van der Waals surface area contributed by atoms with Crippen LogP contribution in [0, 0.1) is 12.3 Å². The monoisotopic (exact) mass is 381 g/mol. The van der Waals surface area contributed by atoms with E-state index in [0.29, 0.717) is 31.7 Å². The summed E-state index contributed by atoms with van der Waals surface area (Å²) in [5.41, 5.74) is 2.51. The Balaban J connectivity index is 1.50. The maximum Gasteiger partial charge on any atom is 0.272 e. The van der Waals surface area contributed by atoms with Gasteiger partial charge < -0.3 is 9.80 Å². The van der Waals surface area contributed by atoms with E-state index < -0.39 is 0 Å². The average Bonchev–Trinajstić information content (AvgIpc) is 3.03. The van der Waals surface area contributed by atoms with Crippen molar-refractivity contribution in [3.8, 4) is 0 Å². The van der Waals surface area contributed by atoms with Crippen LogP contribution in [0.1, 0.15) is 47.4 Å². The van der Waals surface area contributed by atoms with Crippen LogP contribution in [0.2, 0.25) is 0 Å². The summed E-state index contributed by atoms with van der Waals surface area (Å²) in [6.45, 7) is 4.66. The van der Waals surface area contributed by atoms with Crippen LogP contribution in [0.5, 0.6) is 0 Å². The molecule has 0 radical (unpaired) electrons. The van der Waals surface area contributed by atoms with Crippen LogP contribution in [-0.2, 0) is 18.4 Å². The van der Waals surface area contributed by atoms with E-state index in [1.165, 1.54) is 0 Å². The molecule has 4 rings (SSSR count). The number of nitrogens with zero attached hydrogens (tertiary/aromatic N) is 5. The SMILES string of the molecule is Cc1cc(C(=O)N2CCCC3(CCC(=O)N(Cc4cccnc4)C3)C2)n(C)n1. The first-order valence-electron chi connectivity index (χ1n) is 9.92. The highest BCUT2D eigenvalue weighted by Crippen LogP contribution is 2.39. The van der Waals surface area contributed by atoms with Crippen molar-refractivity contribution in [2.24, 2.45) is 12.5 Å². The Hall–Kier alpha value is -2.70. The molecule has 1 unspecified atom stereocenters. The molecular formula is C21H27N5O2. The van der Waals surface area contributed by atoms with Crippen LogP contribution < -0.4 is 0 Å². The molecule has 0 aromatic carbocycles. The molecular weight excluding hydrogens is 354 g/mol. The molecule has 0 bridgehead atoms. The van der Waals surface area contributed by atoms with Gasteiger partial charge in [0.05, 0.1) is 5.69 Å². The fourth-order valence-corrected chi connectivity index (χ4v) is 4.65. The standard InChI is InChI=1S/C21H27N5O2/c1-16-11-18(24(2)23-16)20(28)25-10-4-7-21(14-25)8-6-19(27)26(15-21)13-17-5-3-9-22-12-17/h3,5,9,11-12H,4,6-8,10,13-15H2,1-2H3. The number of piperidine rings is 2. The van der Waals surface area contributed by atoms with Gasteiger partial charge in [0, 0.05) is 57.5 Å². The van der Waals surface area contributed by atoms with Gasteiger partial charge in [-0.05, 0) is 43.9 Å². The fourth-order valence-electron chi connectivity index (χ4n) is 4.65. The molecule has 0 aliphatic carbocycles. The van der Waals surface area contributed by atoms with Crippen molar-refractivity contribution < 1.29 is 9.59 Å². The summed E-state index contributed by atoms with van der Waals surface area (Å²) >= 11 is 0. The molecule has 2 aliphatic rings. The van der Waals surface area contributed by atoms with Crippen molar-refractivity contribution in [3.05, 3.63) is 47.5 Å². The summed E-state index contributed by atoms with van der Waals surface area (Å²) in [6.07, 6.45) is 6.98. The smallest absolute Gasteiger partial charge is 0.272 e. The van der Waals surface area contributed by atoms with Gasteiger partial charge in [0.15, 0.2) is 0 Å². The third-order valence-corrected chi connectivity index (χ3v) is 6.01. The molecule has 2 fully saturated rings. The number of hydrogen-bond acceptors (Lipinski definition) is 4. The summed E-state index contributed by atoms with van der Waals surface area (Å²) in [5, 5.41) is 4.31. The molecule has 7 nitrogen and oxygen atoms in total. The van der Waals surface area contributed by atoms with Crippen LogP contribution >= 0.6 is 0 Å². The third-order valence-electron chi connectivity index (χ3n) is 6.01. The van der Waals surface area contributed by atoms with E-state index in [-0.39, 0.29) is 17.2 Å². The number of pyridine rings is 1. The van der Waals surface area contributed by atoms with Gasteiger partial charge in [0.1, 0.15) is 5.69 Å². The van der Waals surface area contributed by atoms with E-state index in [9.17, 15) is 9.59 Å². The zero-order chi connectivity index (χ0) is 19.7. The van der Waals surface area contributed by atoms with Gasteiger partial charge >= 0.3 is 0 Å². The highest BCUT2D eigenvalue weighted by atomic mass is 16.2. The molecule has 2 aromatic heterocycles. The summed E-state index contributed by atoms with van der Waals surface area (Å²) in [7, 11) is 1.81. The van der Waals surface area contributed by atoms with Crippen LogP contribution in [0.25, 0.3) is 0 Å². The van der Waals surface area contributed by atoms with Crippen LogP contribution in [0.4, 0.5) is 0 Å². The van der Waals surface area contributed by atoms with Crippen molar-refractivity contribution in [3.63, 3.8) is 0 Å². The Bertz CT molecular complexity index is 878. The Morgan fingerprint density at radius 3 is 2.86 bits per heavy atom. The summed E-state index contributed by atoms with van der Waals surface area (Å²) in [4.78, 5) is 33.7. The lowest BCUT2D eigenvalue weighted by Gasteiger charge is -2.48. The lowest BCUT2D eigenvalue weighted by molar-refractivity contribution is -0.139. The Morgan fingerprint density at radius 2 is 2.14 bits per heavy atom. The second-order valence-corrected chi connectivity index (χ2v) is 8.24.